The van der Waals surface area contributed by atoms with Crippen molar-refractivity contribution in [1.82, 2.24) is 0 Å². The first kappa shape index (κ1) is 24.4. The summed E-state index contributed by atoms with van der Waals surface area (Å²) in [7, 11) is 0. The van der Waals surface area contributed by atoms with Crippen molar-refractivity contribution in [3.8, 4) is 0 Å². The number of alkyl halides is 6. The number of aryl methyl sites for hydroxylation is 1. The van der Waals surface area contributed by atoms with Gasteiger partial charge in [-0.3, -0.25) is 9.59 Å². The average Bonchev–Trinajstić information content (AvgIpc) is 3.17. The zero-order valence-electron chi connectivity index (χ0n) is 17.2. The first-order valence-electron chi connectivity index (χ1n) is 9.60. The van der Waals surface area contributed by atoms with Gasteiger partial charge in [0.05, 0.1) is 6.04 Å². The summed E-state index contributed by atoms with van der Waals surface area (Å²) in [5, 5.41) is 14.7. The van der Waals surface area contributed by atoms with Crippen molar-refractivity contribution in [2.75, 3.05) is 10.6 Å². The molecule has 178 valence electrons. The van der Waals surface area contributed by atoms with Crippen LogP contribution in [0.15, 0.2) is 50.4 Å². The van der Waals surface area contributed by atoms with Crippen LogP contribution >= 0.6 is 0 Å². The monoisotopic (exact) mass is 476 g/mol. The maximum Gasteiger partial charge on any atom is 0.430 e. The topological polar surface area (TPSA) is 91.6 Å². The Morgan fingerprint density at radius 2 is 1.52 bits per heavy atom. The number of hydrogen-bond donors (Lipinski definition) is 3. The number of benzene rings is 1. The smallest absolute Gasteiger partial charge is 0.430 e. The Bertz CT molecular complexity index is 1210. The van der Waals surface area contributed by atoms with Gasteiger partial charge in [-0.05, 0) is 31.5 Å². The van der Waals surface area contributed by atoms with E-state index in [1.165, 1.54) is 0 Å². The summed E-state index contributed by atoms with van der Waals surface area (Å²) < 4.78 is 85.7. The molecule has 0 aliphatic heterocycles. The summed E-state index contributed by atoms with van der Waals surface area (Å²) in [6.45, 7) is 3.41. The lowest BCUT2D eigenvalue weighted by molar-refractivity contribution is -0.376. The van der Waals surface area contributed by atoms with Crippen LogP contribution in [-0.4, -0.2) is 17.5 Å². The molecule has 0 unspecified atom stereocenters. The number of aliphatic hydroxyl groups is 1. The van der Waals surface area contributed by atoms with E-state index in [2.05, 4.69) is 10.6 Å². The fraction of sp³-hybridized carbons (Fsp3) is 0.333. The lowest BCUT2D eigenvalue weighted by atomic mass is 9.90. The molecule has 0 radical (unpaired) electrons. The molecule has 2 aromatic carbocycles. The standard InChI is InChI=1S/C21H18F6N2O4/c1-3-12(14-9-8-10(2)33-14)28-15-16(18(31)17(15)30)29-13-7-5-4-6-11(13)19(32,20(22,23)24)21(25,26)27/h4-9,12,28-29,32H,3H2,1-2H3/t12-/m1/s1. The zero-order chi connectivity index (χ0) is 24.8. The van der Waals surface area contributed by atoms with Crippen molar-refractivity contribution in [3.63, 3.8) is 0 Å². The van der Waals surface area contributed by atoms with E-state index in [1.54, 1.807) is 26.0 Å². The van der Waals surface area contributed by atoms with Gasteiger partial charge in [-0.15, -0.1) is 0 Å². The quantitative estimate of drug-likeness (QED) is 0.335. The fourth-order valence-corrected chi connectivity index (χ4v) is 3.35. The molecule has 0 fully saturated rings. The van der Waals surface area contributed by atoms with Crippen LogP contribution in [0.5, 0.6) is 0 Å². The molecule has 1 heterocycles. The Morgan fingerprint density at radius 1 is 0.939 bits per heavy atom. The van der Waals surface area contributed by atoms with Crippen molar-refractivity contribution >= 4 is 17.1 Å². The summed E-state index contributed by atoms with van der Waals surface area (Å²) in [6.07, 6.45) is -11.9. The molecule has 3 rings (SSSR count). The Kier molecular flexibility index (Phi) is 6.09. The molecule has 1 atom stereocenters. The summed E-state index contributed by atoms with van der Waals surface area (Å²) in [4.78, 5) is 24.2. The molecule has 12 heteroatoms. The molecular formula is C21H18F6N2O4. The fourth-order valence-electron chi connectivity index (χ4n) is 3.35. The van der Waals surface area contributed by atoms with Gasteiger partial charge in [0.25, 0.3) is 16.5 Å². The number of hydrogen-bond acceptors (Lipinski definition) is 6. The van der Waals surface area contributed by atoms with Gasteiger partial charge in [-0.25, -0.2) is 0 Å². The number of para-hydroxylation sites is 1. The van der Waals surface area contributed by atoms with E-state index in [-0.39, 0.29) is 5.69 Å². The summed E-state index contributed by atoms with van der Waals surface area (Å²) in [5.41, 5.74) is -10.6. The highest BCUT2D eigenvalue weighted by Crippen LogP contribution is 2.52. The Labute approximate surface area is 182 Å². The number of anilines is 3. The third-order valence-corrected chi connectivity index (χ3v) is 5.14. The Morgan fingerprint density at radius 3 is 2.03 bits per heavy atom. The van der Waals surface area contributed by atoms with Gasteiger partial charge >= 0.3 is 12.4 Å². The molecule has 0 aliphatic carbocycles. The van der Waals surface area contributed by atoms with E-state index < -0.39 is 51.8 Å². The molecule has 3 aromatic rings. The van der Waals surface area contributed by atoms with Gasteiger partial charge in [-0.2, -0.15) is 26.3 Å². The van der Waals surface area contributed by atoms with Crippen molar-refractivity contribution in [2.45, 2.75) is 44.3 Å². The molecule has 0 saturated heterocycles. The molecule has 6 nitrogen and oxygen atoms in total. The first-order valence-corrected chi connectivity index (χ1v) is 9.60. The van der Waals surface area contributed by atoms with Gasteiger partial charge in [0.1, 0.15) is 22.9 Å². The molecule has 33 heavy (non-hydrogen) atoms. The van der Waals surface area contributed by atoms with Crippen LogP contribution in [0.3, 0.4) is 0 Å². The highest BCUT2D eigenvalue weighted by molar-refractivity contribution is 5.80. The van der Waals surface area contributed by atoms with Gasteiger partial charge < -0.3 is 20.2 Å². The van der Waals surface area contributed by atoms with E-state index in [4.69, 9.17) is 4.42 Å². The zero-order valence-corrected chi connectivity index (χ0v) is 17.2. The van der Waals surface area contributed by atoms with E-state index in [0.29, 0.717) is 24.0 Å². The van der Waals surface area contributed by atoms with E-state index in [0.717, 1.165) is 18.2 Å². The normalized spacial score (nSPS) is 13.8. The summed E-state index contributed by atoms with van der Waals surface area (Å²) in [5.74, 6) is 0.985. The van der Waals surface area contributed by atoms with Crippen LogP contribution in [0.2, 0.25) is 0 Å². The van der Waals surface area contributed by atoms with Crippen LogP contribution in [0.1, 0.15) is 36.5 Å². The molecule has 0 amide bonds. The number of halogens is 6. The molecule has 0 spiro atoms. The van der Waals surface area contributed by atoms with Crippen LogP contribution in [0.25, 0.3) is 0 Å². The number of nitrogens with one attached hydrogen (secondary N) is 2. The minimum Gasteiger partial charge on any atom is -0.464 e. The van der Waals surface area contributed by atoms with Crippen LogP contribution in [0, 0.1) is 6.92 Å². The molecular weight excluding hydrogens is 458 g/mol. The molecule has 0 bridgehead atoms. The largest absolute Gasteiger partial charge is 0.464 e. The third-order valence-electron chi connectivity index (χ3n) is 5.14. The second-order valence-corrected chi connectivity index (χ2v) is 7.34. The summed E-state index contributed by atoms with van der Waals surface area (Å²) >= 11 is 0. The Hall–Kier alpha value is -3.28. The van der Waals surface area contributed by atoms with Gasteiger partial charge in [0, 0.05) is 11.3 Å². The third kappa shape index (κ3) is 4.10. The highest BCUT2D eigenvalue weighted by Gasteiger charge is 2.72. The molecule has 1 aromatic heterocycles. The molecule has 0 saturated carbocycles. The molecule has 3 N–H and O–H groups in total. The minimum absolute atomic E-state index is 0.321. The van der Waals surface area contributed by atoms with Crippen molar-refractivity contribution in [2.24, 2.45) is 0 Å². The van der Waals surface area contributed by atoms with E-state index in [1.807, 2.05) is 0 Å². The van der Waals surface area contributed by atoms with Gasteiger partial charge in [0.15, 0.2) is 0 Å². The summed E-state index contributed by atoms with van der Waals surface area (Å²) in [6, 6.07) is 5.92. The predicted molar refractivity (Wildman–Crippen MR) is 107 cm³/mol. The van der Waals surface area contributed by atoms with E-state index >= 15 is 0 Å². The second kappa shape index (κ2) is 8.25. The van der Waals surface area contributed by atoms with Crippen LogP contribution < -0.4 is 21.5 Å². The number of furan rings is 1. The maximum atomic E-state index is 13.4. The first-order chi connectivity index (χ1) is 15.2. The second-order valence-electron chi connectivity index (χ2n) is 7.34. The predicted octanol–water partition coefficient (Wildman–Crippen LogP) is 4.80. The lowest BCUT2D eigenvalue weighted by Crippen LogP contribution is -2.54. The Balaban J connectivity index is 2.03. The van der Waals surface area contributed by atoms with Crippen LogP contribution in [0.4, 0.5) is 43.4 Å². The maximum absolute atomic E-state index is 13.4. The number of rotatable bonds is 7. The van der Waals surface area contributed by atoms with Crippen LogP contribution in [-0.2, 0) is 5.60 Å². The van der Waals surface area contributed by atoms with Crippen molar-refractivity contribution in [3.05, 3.63) is 73.9 Å². The lowest BCUT2D eigenvalue weighted by Gasteiger charge is -2.34. The molecule has 0 aliphatic rings. The SMILES string of the molecule is CC[C@@H](Nc1c(Nc2ccccc2C(O)(C(F)(F)F)C(F)(F)F)c(=O)c1=O)c1ccc(C)o1. The van der Waals surface area contributed by atoms with E-state index in [9.17, 15) is 41.0 Å². The van der Waals surface area contributed by atoms with Crippen molar-refractivity contribution in [1.29, 1.82) is 0 Å². The van der Waals surface area contributed by atoms with Gasteiger partial charge in [0.2, 0.25) is 0 Å². The minimum atomic E-state index is -6.12. The van der Waals surface area contributed by atoms with Crippen molar-refractivity contribution < 1.29 is 35.9 Å². The highest BCUT2D eigenvalue weighted by atomic mass is 19.4. The van der Waals surface area contributed by atoms with Gasteiger partial charge in [-0.1, -0.05) is 25.1 Å². The average molecular weight is 476 g/mol.